The summed E-state index contributed by atoms with van der Waals surface area (Å²) in [6.07, 6.45) is 9.19. The Morgan fingerprint density at radius 3 is 1.92 bits per heavy atom. The quantitative estimate of drug-likeness (QED) is 0.357. The fourth-order valence-corrected chi connectivity index (χ4v) is 6.13. The zero-order valence-corrected chi connectivity index (χ0v) is 18.9. The van der Waals surface area contributed by atoms with E-state index in [1.54, 1.807) is 0 Å². The molecule has 0 bridgehead atoms. The first-order valence-electron chi connectivity index (χ1n) is 9.43. The van der Waals surface area contributed by atoms with Crippen LogP contribution >= 0.6 is 0 Å². The van der Waals surface area contributed by atoms with Crippen LogP contribution in [0.4, 0.5) is 0 Å². The molecule has 0 N–H and O–H groups in total. The van der Waals surface area contributed by atoms with Gasteiger partial charge in [0, 0.05) is 0 Å². The molecular weight excluding hydrogens is 344 g/mol. The Bertz CT molecular complexity index is 761. The van der Waals surface area contributed by atoms with Crippen LogP contribution in [0, 0.1) is 0 Å². The van der Waals surface area contributed by atoms with Crippen LogP contribution in [0.15, 0.2) is 89.8 Å². The summed E-state index contributed by atoms with van der Waals surface area (Å²) in [4.78, 5) is 0. The number of hydrogen-bond acceptors (Lipinski definition) is 0. The van der Waals surface area contributed by atoms with Gasteiger partial charge >= 0.3 is 0 Å². The van der Waals surface area contributed by atoms with Gasteiger partial charge in [0.25, 0.3) is 0 Å². The Labute approximate surface area is 162 Å². The Balaban J connectivity index is 2.10. The van der Waals surface area contributed by atoms with Crippen LogP contribution < -0.4 is 0 Å². The minimum atomic E-state index is -1.38. The van der Waals surface area contributed by atoms with Gasteiger partial charge in [-0.3, -0.25) is 0 Å². The smallest absolute Gasteiger partial charge is 0.0776 e. The zero-order chi connectivity index (χ0) is 19.0. The molecule has 0 fully saturated rings. The van der Waals surface area contributed by atoms with Crippen LogP contribution in [0.25, 0.3) is 6.08 Å². The third-order valence-electron chi connectivity index (χ3n) is 4.42. The van der Waals surface area contributed by atoms with E-state index >= 15 is 0 Å². The molecule has 0 aliphatic rings. The van der Waals surface area contributed by atoms with Crippen molar-refractivity contribution in [2.75, 3.05) is 0 Å². The maximum absolute atomic E-state index is 2.46. The average molecular weight is 377 g/mol. The largest absolute Gasteiger partial charge is 0.0944 e. The van der Waals surface area contributed by atoms with Crippen LogP contribution in [0.2, 0.25) is 32.7 Å². The molecule has 0 heterocycles. The van der Waals surface area contributed by atoms with Crippen molar-refractivity contribution in [3.8, 4) is 0 Å². The van der Waals surface area contributed by atoms with Gasteiger partial charge in [0.2, 0.25) is 0 Å². The van der Waals surface area contributed by atoms with Gasteiger partial charge in [-0.15, -0.1) is 0 Å². The zero-order valence-electron chi connectivity index (χ0n) is 16.9. The molecule has 0 aliphatic heterocycles. The van der Waals surface area contributed by atoms with E-state index in [9.17, 15) is 0 Å². The van der Waals surface area contributed by atoms with E-state index in [0.717, 1.165) is 0 Å². The Hall–Kier alpha value is -1.91. The van der Waals surface area contributed by atoms with Crippen LogP contribution in [-0.2, 0) is 6.04 Å². The minimum absolute atomic E-state index is 1.19. The number of allylic oxidation sites excluding steroid dienone is 4. The lowest BCUT2D eigenvalue weighted by Crippen LogP contribution is -2.26. The number of hydrogen-bond donors (Lipinski definition) is 0. The Kier molecular flexibility index (Phi) is 7.18. The highest BCUT2D eigenvalue weighted by Crippen LogP contribution is 2.20. The molecule has 0 unspecified atom stereocenters. The molecule has 26 heavy (non-hydrogen) atoms. The van der Waals surface area contributed by atoms with Crippen LogP contribution in [0.3, 0.4) is 0 Å². The van der Waals surface area contributed by atoms with E-state index in [4.69, 9.17) is 0 Å². The Morgan fingerprint density at radius 2 is 1.35 bits per heavy atom. The molecule has 2 rings (SSSR count). The lowest BCUT2D eigenvalue weighted by atomic mass is 10.2. The van der Waals surface area contributed by atoms with Crippen molar-refractivity contribution < 1.29 is 0 Å². The maximum Gasteiger partial charge on any atom is 0.0776 e. The first-order chi connectivity index (χ1) is 12.3. The molecule has 2 heteroatoms. The predicted molar refractivity (Wildman–Crippen MR) is 124 cm³/mol. The van der Waals surface area contributed by atoms with Crippen molar-refractivity contribution >= 4 is 22.2 Å². The summed E-state index contributed by atoms with van der Waals surface area (Å²) < 4.78 is 0. The number of benzene rings is 2. The highest BCUT2D eigenvalue weighted by atomic mass is 28.3. The lowest BCUT2D eigenvalue weighted by Gasteiger charge is -2.18. The second-order valence-corrected chi connectivity index (χ2v) is 18.4. The fraction of sp³-hybridized carbons (Fsp3) is 0.250. The van der Waals surface area contributed by atoms with Crippen LogP contribution in [0.1, 0.15) is 11.1 Å². The van der Waals surface area contributed by atoms with Gasteiger partial charge in [0.15, 0.2) is 0 Å². The Morgan fingerprint density at radius 1 is 0.769 bits per heavy atom. The molecular formula is C24H32Si2. The van der Waals surface area contributed by atoms with E-state index in [1.807, 2.05) is 0 Å². The molecule has 136 valence electrons. The summed E-state index contributed by atoms with van der Waals surface area (Å²) in [6.45, 7) is 12.1. The topological polar surface area (TPSA) is 0 Å². The SMILES string of the molecule is C[Si](C)(/C=C/C=C/C(=C/c1ccccc1)[Si](C)(C)C)Cc1ccccc1. The summed E-state index contributed by atoms with van der Waals surface area (Å²) in [7, 11) is -2.75. The third kappa shape index (κ3) is 7.14. The molecule has 2 aromatic rings. The molecule has 0 aliphatic carbocycles. The van der Waals surface area contributed by atoms with Crippen molar-refractivity contribution in [2.24, 2.45) is 0 Å². The molecule has 0 amide bonds. The normalized spacial score (nSPS) is 13.7. The first-order valence-corrected chi connectivity index (χ1v) is 16.2. The van der Waals surface area contributed by atoms with Gasteiger partial charge in [0.05, 0.1) is 16.1 Å². The summed E-state index contributed by atoms with van der Waals surface area (Å²) in [6, 6.07) is 22.7. The van der Waals surface area contributed by atoms with Crippen molar-refractivity contribution in [3.05, 3.63) is 101 Å². The molecule has 0 nitrogen and oxygen atoms in total. The van der Waals surface area contributed by atoms with Crippen molar-refractivity contribution in [2.45, 2.75) is 38.8 Å². The van der Waals surface area contributed by atoms with Gasteiger partial charge in [-0.1, -0.05) is 134 Å². The molecule has 2 aromatic carbocycles. The third-order valence-corrected chi connectivity index (χ3v) is 8.88. The second-order valence-electron chi connectivity index (χ2n) is 8.63. The molecule has 0 saturated carbocycles. The standard InChI is InChI=1S/C24H32Si2/c1-25(2,3)24(20-22-14-8-6-9-15-22)18-12-13-19-26(4,5)21-23-16-10-7-11-17-23/h6-20H,21H2,1-5H3/b18-12+,19-13+,24-20-. The van der Waals surface area contributed by atoms with Crippen molar-refractivity contribution in [3.63, 3.8) is 0 Å². The lowest BCUT2D eigenvalue weighted by molar-refractivity contribution is 1.32. The van der Waals surface area contributed by atoms with E-state index in [2.05, 4.69) is 123 Å². The van der Waals surface area contributed by atoms with Gasteiger partial charge in [-0.2, -0.15) is 0 Å². The van der Waals surface area contributed by atoms with Crippen molar-refractivity contribution in [1.29, 1.82) is 0 Å². The van der Waals surface area contributed by atoms with Crippen LogP contribution in [-0.4, -0.2) is 16.1 Å². The predicted octanol–water partition coefficient (Wildman–Crippen LogP) is 7.09. The van der Waals surface area contributed by atoms with Crippen LogP contribution in [0.5, 0.6) is 0 Å². The first kappa shape index (κ1) is 20.4. The van der Waals surface area contributed by atoms with Gasteiger partial charge < -0.3 is 0 Å². The monoisotopic (exact) mass is 376 g/mol. The fourth-order valence-electron chi connectivity index (χ4n) is 2.90. The summed E-state index contributed by atoms with van der Waals surface area (Å²) >= 11 is 0. The second kappa shape index (κ2) is 9.15. The minimum Gasteiger partial charge on any atom is -0.0944 e. The molecule has 0 radical (unpaired) electrons. The molecule has 0 saturated heterocycles. The number of rotatable bonds is 7. The highest BCUT2D eigenvalue weighted by Gasteiger charge is 2.18. The molecule has 0 aromatic heterocycles. The van der Waals surface area contributed by atoms with E-state index in [1.165, 1.54) is 22.4 Å². The summed E-state index contributed by atoms with van der Waals surface area (Å²) in [5, 5.41) is 1.48. The van der Waals surface area contributed by atoms with Crippen molar-refractivity contribution in [1.82, 2.24) is 0 Å². The van der Waals surface area contributed by atoms with Gasteiger partial charge in [0.1, 0.15) is 0 Å². The maximum atomic E-state index is 2.46. The van der Waals surface area contributed by atoms with Gasteiger partial charge in [-0.25, -0.2) is 0 Å². The average Bonchev–Trinajstić information content (AvgIpc) is 2.58. The van der Waals surface area contributed by atoms with Gasteiger partial charge in [-0.05, 0) is 11.6 Å². The molecule has 0 spiro atoms. The summed E-state index contributed by atoms with van der Waals surface area (Å²) in [5.74, 6) is 0. The highest BCUT2D eigenvalue weighted by molar-refractivity contribution is 6.84. The molecule has 0 atom stereocenters. The van der Waals surface area contributed by atoms with E-state index in [0.29, 0.717) is 0 Å². The van der Waals surface area contributed by atoms with E-state index in [-0.39, 0.29) is 0 Å². The summed E-state index contributed by atoms with van der Waals surface area (Å²) in [5.41, 5.74) is 5.20. The van der Waals surface area contributed by atoms with E-state index < -0.39 is 16.1 Å².